The quantitative estimate of drug-likeness (QED) is 0.604. The van der Waals surface area contributed by atoms with Crippen LogP contribution in [-0.2, 0) is 10.8 Å². The van der Waals surface area contributed by atoms with Crippen molar-refractivity contribution in [2.24, 2.45) is 0 Å². The van der Waals surface area contributed by atoms with Gasteiger partial charge in [-0.3, -0.25) is 0 Å². The van der Waals surface area contributed by atoms with Gasteiger partial charge in [0, 0.05) is 5.56 Å². The Morgan fingerprint density at radius 1 is 0.885 bits per heavy atom. The highest BCUT2D eigenvalue weighted by Gasteiger charge is 2.37. The minimum absolute atomic E-state index is 0.0339. The number of hydrogen-bond acceptors (Lipinski definition) is 2. The predicted octanol–water partition coefficient (Wildman–Crippen LogP) is 6.15. The van der Waals surface area contributed by atoms with Crippen molar-refractivity contribution in [3.63, 3.8) is 0 Å². The molecule has 0 aliphatic heterocycles. The van der Waals surface area contributed by atoms with Gasteiger partial charge < -0.3 is 9.52 Å². The molecule has 4 rings (SSSR count). The molecule has 1 N–H and O–H groups in total. The normalized spacial score (nSPS) is 17.8. The Hall–Kier alpha value is -2.55. The number of rotatable bonds is 2. The van der Waals surface area contributed by atoms with Crippen LogP contribution in [0.3, 0.4) is 0 Å². The minimum Gasteiger partial charge on any atom is -0.475 e. The molecule has 2 aromatic carbocycles. The first-order valence-corrected chi connectivity index (χ1v) is 9.10. The first-order chi connectivity index (χ1) is 12.2. The van der Waals surface area contributed by atoms with Gasteiger partial charge in [-0.2, -0.15) is 0 Å². The predicted molar refractivity (Wildman–Crippen MR) is 104 cm³/mol. The Balaban J connectivity index is 1.88. The molecule has 0 radical (unpaired) electrons. The molecule has 26 heavy (non-hydrogen) atoms. The van der Waals surface area contributed by atoms with Gasteiger partial charge in [0.1, 0.15) is 5.76 Å². The molecule has 1 aliphatic rings. The van der Waals surface area contributed by atoms with Crippen molar-refractivity contribution in [3.05, 3.63) is 59.4 Å². The lowest BCUT2D eigenvalue weighted by molar-refractivity contribution is 0.0663. The summed E-state index contributed by atoms with van der Waals surface area (Å²) < 4.78 is 5.47. The first kappa shape index (κ1) is 16.9. The molecular formula is C23H24O3. The number of carboxylic acids is 1. The molecule has 1 aliphatic carbocycles. The third-order valence-corrected chi connectivity index (χ3v) is 5.91. The molecule has 0 saturated heterocycles. The fourth-order valence-electron chi connectivity index (χ4n) is 4.07. The summed E-state index contributed by atoms with van der Waals surface area (Å²) in [5.74, 6) is -0.495. The minimum atomic E-state index is -1.05. The molecular weight excluding hydrogens is 324 g/mol. The SMILES string of the molecule is CC1(C)CCC(C)(C)c2cc3cc(-c4ccc(C(=O)O)o4)ccc3cc21. The van der Waals surface area contributed by atoms with Crippen molar-refractivity contribution in [2.75, 3.05) is 0 Å². The maximum atomic E-state index is 11.1. The van der Waals surface area contributed by atoms with E-state index in [9.17, 15) is 4.79 Å². The summed E-state index contributed by atoms with van der Waals surface area (Å²) in [6, 6.07) is 14.1. The van der Waals surface area contributed by atoms with Gasteiger partial charge in [0.15, 0.2) is 0 Å². The summed E-state index contributed by atoms with van der Waals surface area (Å²) in [4.78, 5) is 11.1. The van der Waals surface area contributed by atoms with E-state index in [-0.39, 0.29) is 16.6 Å². The largest absolute Gasteiger partial charge is 0.475 e. The smallest absolute Gasteiger partial charge is 0.371 e. The maximum absolute atomic E-state index is 11.1. The molecule has 0 bridgehead atoms. The molecule has 0 amide bonds. The van der Waals surface area contributed by atoms with E-state index in [0.29, 0.717) is 5.76 Å². The molecule has 1 aromatic heterocycles. The van der Waals surface area contributed by atoms with Crippen molar-refractivity contribution in [1.29, 1.82) is 0 Å². The van der Waals surface area contributed by atoms with Crippen LogP contribution in [0.5, 0.6) is 0 Å². The summed E-state index contributed by atoms with van der Waals surface area (Å²) in [6.45, 7) is 9.31. The van der Waals surface area contributed by atoms with Crippen molar-refractivity contribution in [2.45, 2.75) is 51.4 Å². The van der Waals surface area contributed by atoms with E-state index < -0.39 is 5.97 Å². The van der Waals surface area contributed by atoms with Crippen molar-refractivity contribution in [3.8, 4) is 11.3 Å². The van der Waals surface area contributed by atoms with Gasteiger partial charge in [0.2, 0.25) is 5.76 Å². The highest BCUT2D eigenvalue weighted by molar-refractivity contribution is 5.89. The van der Waals surface area contributed by atoms with Gasteiger partial charge >= 0.3 is 5.97 Å². The molecule has 0 atom stereocenters. The average molecular weight is 348 g/mol. The van der Waals surface area contributed by atoms with E-state index in [4.69, 9.17) is 9.52 Å². The Morgan fingerprint density at radius 2 is 1.50 bits per heavy atom. The number of carboxylic acid groups (broad SMARTS) is 1. The van der Waals surface area contributed by atoms with Gasteiger partial charge in [-0.15, -0.1) is 0 Å². The second-order valence-electron chi connectivity index (χ2n) is 8.70. The number of hydrogen-bond donors (Lipinski definition) is 1. The van der Waals surface area contributed by atoms with Gasteiger partial charge in [-0.1, -0.05) is 52.0 Å². The van der Waals surface area contributed by atoms with E-state index in [0.717, 1.165) is 5.56 Å². The van der Waals surface area contributed by atoms with Gasteiger partial charge in [0.05, 0.1) is 0 Å². The fraction of sp³-hybridized carbons (Fsp3) is 0.348. The van der Waals surface area contributed by atoms with Crippen LogP contribution in [0.2, 0.25) is 0 Å². The molecule has 0 spiro atoms. The average Bonchev–Trinajstić information content (AvgIpc) is 3.08. The highest BCUT2D eigenvalue weighted by atomic mass is 16.4. The standard InChI is InChI=1S/C23H24O3/c1-22(2)9-10-23(3,4)18-13-16-11-15(6-5-14(16)12-17(18)22)19-7-8-20(26-19)21(24)25/h5-8,11-13H,9-10H2,1-4H3,(H,24,25). The second-order valence-corrected chi connectivity index (χ2v) is 8.70. The van der Waals surface area contributed by atoms with Crippen LogP contribution in [0.15, 0.2) is 46.9 Å². The number of furan rings is 1. The molecule has 0 saturated carbocycles. The van der Waals surface area contributed by atoms with E-state index >= 15 is 0 Å². The number of aromatic carboxylic acids is 1. The Bertz CT molecular complexity index is 1020. The zero-order valence-corrected chi connectivity index (χ0v) is 15.7. The first-order valence-electron chi connectivity index (χ1n) is 9.10. The van der Waals surface area contributed by atoms with E-state index in [1.807, 2.05) is 6.07 Å². The third kappa shape index (κ3) is 2.63. The van der Waals surface area contributed by atoms with Crippen molar-refractivity contribution in [1.82, 2.24) is 0 Å². The van der Waals surface area contributed by atoms with E-state index in [2.05, 4.69) is 52.0 Å². The Labute approximate surface area is 153 Å². The lowest BCUT2D eigenvalue weighted by Crippen LogP contribution is -2.33. The number of benzene rings is 2. The number of fused-ring (bicyclic) bond motifs is 2. The summed E-state index contributed by atoms with van der Waals surface area (Å²) >= 11 is 0. The molecule has 134 valence electrons. The number of carbonyl (C=O) groups is 1. The summed E-state index contributed by atoms with van der Waals surface area (Å²) in [6.07, 6.45) is 2.37. The van der Waals surface area contributed by atoms with Crippen LogP contribution in [0.25, 0.3) is 22.1 Å². The van der Waals surface area contributed by atoms with Gasteiger partial charge in [-0.25, -0.2) is 4.79 Å². The molecule has 0 fully saturated rings. The third-order valence-electron chi connectivity index (χ3n) is 5.91. The second kappa shape index (κ2) is 5.47. The topological polar surface area (TPSA) is 50.4 Å². The monoisotopic (exact) mass is 348 g/mol. The highest BCUT2D eigenvalue weighted by Crippen LogP contribution is 2.47. The van der Waals surface area contributed by atoms with Crippen LogP contribution in [0.1, 0.15) is 62.2 Å². The van der Waals surface area contributed by atoms with Gasteiger partial charge in [0.25, 0.3) is 0 Å². The molecule has 3 aromatic rings. The Kier molecular flexibility index (Phi) is 3.56. The van der Waals surface area contributed by atoms with Crippen LogP contribution in [-0.4, -0.2) is 11.1 Å². The Morgan fingerprint density at radius 3 is 2.08 bits per heavy atom. The maximum Gasteiger partial charge on any atom is 0.371 e. The van der Waals surface area contributed by atoms with E-state index in [1.165, 1.54) is 40.8 Å². The van der Waals surface area contributed by atoms with Crippen LogP contribution in [0, 0.1) is 0 Å². The van der Waals surface area contributed by atoms with Gasteiger partial charge in [-0.05, 0) is 63.8 Å². The van der Waals surface area contributed by atoms with E-state index in [1.54, 1.807) is 6.07 Å². The molecule has 0 unspecified atom stereocenters. The zero-order chi connectivity index (χ0) is 18.7. The summed E-state index contributed by atoms with van der Waals surface area (Å²) in [5, 5.41) is 11.4. The molecule has 3 heteroatoms. The van der Waals surface area contributed by atoms with Crippen LogP contribution in [0.4, 0.5) is 0 Å². The lowest BCUT2D eigenvalue weighted by Gasteiger charge is -2.42. The summed E-state index contributed by atoms with van der Waals surface area (Å²) in [5.41, 5.74) is 4.12. The fourth-order valence-corrected chi connectivity index (χ4v) is 4.07. The van der Waals surface area contributed by atoms with Crippen LogP contribution < -0.4 is 0 Å². The zero-order valence-electron chi connectivity index (χ0n) is 15.7. The summed E-state index contributed by atoms with van der Waals surface area (Å²) in [7, 11) is 0. The molecule has 1 heterocycles. The van der Waals surface area contributed by atoms with Crippen molar-refractivity contribution >= 4 is 16.7 Å². The molecule has 3 nitrogen and oxygen atoms in total. The van der Waals surface area contributed by atoms with Crippen LogP contribution >= 0.6 is 0 Å². The lowest BCUT2D eigenvalue weighted by atomic mass is 9.63. The van der Waals surface area contributed by atoms with Crippen molar-refractivity contribution < 1.29 is 14.3 Å².